The SMILES string of the molecule is COc1cccc2c1CCC2(N)C(=O)NCc1cc(C)c[nH]c1=O. The Morgan fingerprint density at radius 3 is 3.00 bits per heavy atom. The molecule has 3 rings (SSSR count). The Kier molecular flexibility index (Phi) is 4.15. The number of carbonyl (C=O) groups is 1. The van der Waals surface area contributed by atoms with Crippen LogP contribution in [0.4, 0.5) is 0 Å². The van der Waals surface area contributed by atoms with Gasteiger partial charge in [0.1, 0.15) is 11.3 Å². The number of hydrogen-bond acceptors (Lipinski definition) is 4. The largest absolute Gasteiger partial charge is 0.496 e. The number of aromatic nitrogens is 1. The van der Waals surface area contributed by atoms with E-state index in [4.69, 9.17) is 10.5 Å². The third-order valence-corrected chi connectivity index (χ3v) is 4.57. The van der Waals surface area contributed by atoms with E-state index >= 15 is 0 Å². The number of fused-ring (bicyclic) bond motifs is 1. The van der Waals surface area contributed by atoms with Crippen LogP contribution >= 0.6 is 0 Å². The van der Waals surface area contributed by atoms with E-state index in [1.54, 1.807) is 19.4 Å². The fourth-order valence-electron chi connectivity index (χ4n) is 3.24. The highest BCUT2D eigenvalue weighted by Crippen LogP contribution is 2.39. The van der Waals surface area contributed by atoms with Crippen LogP contribution in [0.15, 0.2) is 35.3 Å². The van der Waals surface area contributed by atoms with E-state index in [-0.39, 0.29) is 18.0 Å². The van der Waals surface area contributed by atoms with Crippen LogP contribution in [0, 0.1) is 6.92 Å². The molecule has 0 fully saturated rings. The van der Waals surface area contributed by atoms with Crippen LogP contribution in [0.3, 0.4) is 0 Å². The quantitative estimate of drug-likeness (QED) is 0.783. The lowest BCUT2D eigenvalue weighted by Gasteiger charge is -2.24. The zero-order valence-electron chi connectivity index (χ0n) is 13.8. The summed E-state index contributed by atoms with van der Waals surface area (Å²) >= 11 is 0. The molecule has 4 N–H and O–H groups in total. The summed E-state index contributed by atoms with van der Waals surface area (Å²) in [6, 6.07) is 7.33. The average Bonchev–Trinajstić information content (AvgIpc) is 2.94. The van der Waals surface area contributed by atoms with Gasteiger partial charge in [-0.05, 0) is 48.6 Å². The molecule has 0 saturated carbocycles. The molecule has 1 amide bonds. The zero-order valence-corrected chi connectivity index (χ0v) is 13.8. The summed E-state index contributed by atoms with van der Waals surface area (Å²) in [5.74, 6) is 0.471. The third kappa shape index (κ3) is 2.69. The Balaban J connectivity index is 1.82. The second-order valence-corrected chi connectivity index (χ2v) is 6.17. The molecule has 126 valence electrons. The Hall–Kier alpha value is -2.60. The fraction of sp³-hybridized carbons (Fsp3) is 0.333. The Morgan fingerprint density at radius 1 is 1.46 bits per heavy atom. The first-order valence-electron chi connectivity index (χ1n) is 7.87. The van der Waals surface area contributed by atoms with E-state index in [0.717, 1.165) is 22.4 Å². The van der Waals surface area contributed by atoms with Crippen LogP contribution < -0.4 is 21.3 Å². The third-order valence-electron chi connectivity index (χ3n) is 4.57. The number of H-pyrrole nitrogens is 1. The number of carbonyl (C=O) groups excluding carboxylic acids is 1. The van der Waals surface area contributed by atoms with E-state index in [0.29, 0.717) is 18.4 Å². The first-order chi connectivity index (χ1) is 11.5. The number of ether oxygens (including phenoxy) is 1. The number of rotatable bonds is 4. The zero-order chi connectivity index (χ0) is 17.3. The lowest BCUT2D eigenvalue weighted by atomic mass is 9.91. The summed E-state index contributed by atoms with van der Waals surface area (Å²) in [6.07, 6.45) is 2.84. The van der Waals surface area contributed by atoms with E-state index in [1.807, 2.05) is 25.1 Å². The van der Waals surface area contributed by atoms with E-state index < -0.39 is 5.54 Å². The topological polar surface area (TPSA) is 97.2 Å². The second-order valence-electron chi connectivity index (χ2n) is 6.17. The average molecular weight is 327 g/mol. The minimum atomic E-state index is -1.10. The van der Waals surface area contributed by atoms with Gasteiger partial charge in [-0.3, -0.25) is 9.59 Å². The predicted octanol–water partition coefficient (Wildman–Crippen LogP) is 1.11. The Morgan fingerprint density at radius 2 is 2.25 bits per heavy atom. The molecular weight excluding hydrogens is 306 g/mol. The molecule has 1 aliphatic rings. The first kappa shape index (κ1) is 16.3. The van der Waals surface area contributed by atoms with Gasteiger partial charge >= 0.3 is 0 Å². The molecule has 1 unspecified atom stereocenters. The van der Waals surface area contributed by atoms with Crippen molar-refractivity contribution in [1.82, 2.24) is 10.3 Å². The van der Waals surface area contributed by atoms with Gasteiger partial charge in [0.25, 0.3) is 5.56 Å². The summed E-state index contributed by atoms with van der Waals surface area (Å²) in [6.45, 7) is 2.03. The number of aromatic amines is 1. The molecule has 1 heterocycles. The maximum Gasteiger partial charge on any atom is 0.252 e. The molecule has 0 radical (unpaired) electrons. The van der Waals surface area contributed by atoms with E-state index in [1.165, 1.54) is 0 Å². The normalized spacial score (nSPS) is 19.0. The van der Waals surface area contributed by atoms with Crippen LogP contribution in [0.5, 0.6) is 5.75 Å². The van der Waals surface area contributed by atoms with Crippen molar-refractivity contribution in [1.29, 1.82) is 0 Å². The first-order valence-corrected chi connectivity index (χ1v) is 7.87. The highest BCUT2D eigenvalue weighted by Gasteiger charge is 2.42. The molecule has 24 heavy (non-hydrogen) atoms. The molecule has 6 nitrogen and oxygen atoms in total. The molecule has 2 aromatic rings. The number of pyridine rings is 1. The summed E-state index contributed by atoms with van der Waals surface area (Å²) < 4.78 is 5.36. The maximum atomic E-state index is 12.7. The lowest BCUT2D eigenvalue weighted by Crippen LogP contribution is -2.49. The Bertz CT molecular complexity index is 844. The summed E-state index contributed by atoms with van der Waals surface area (Å²) in [5, 5.41) is 2.80. The molecule has 1 aliphatic carbocycles. The molecule has 0 saturated heterocycles. The van der Waals surface area contributed by atoms with Crippen LogP contribution in [-0.4, -0.2) is 18.0 Å². The summed E-state index contributed by atoms with van der Waals surface area (Å²) in [7, 11) is 1.61. The van der Waals surface area contributed by atoms with Crippen molar-refractivity contribution in [3.8, 4) is 5.75 Å². The van der Waals surface area contributed by atoms with Gasteiger partial charge < -0.3 is 20.8 Å². The van der Waals surface area contributed by atoms with Gasteiger partial charge in [0.2, 0.25) is 5.91 Å². The monoisotopic (exact) mass is 327 g/mol. The van der Waals surface area contributed by atoms with Crippen LogP contribution in [0.2, 0.25) is 0 Å². The molecule has 0 aliphatic heterocycles. The number of amides is 1. The summed E-state index contributed by atoms with van der Waals surface area (Å²) in [5.41, 5.74) is 8.32. The van der Waals surface area contributed by atoms with Crippen molar-refractivity contribution in [2.75, 3.05) is 7.11 Å². The molecule has 1 atom stereocenters. The Labute approximate surface area is 140 Å². The highest BCUT2D eigenvalue weighted by molar-refractivity contribution is 5.89. The highest BCUT2D eigenvalue weighted by atomic mass is 16.5. The van der Waals surface area contributed by atoms with E-state index in [9.17, 15) is 9.59 Å². The minimum Gasteiger partial charge on any atom is -0.496 e. The van der Waals surface area contributed by atoms with Gasteiger partial charge in [-0.15, -0.1) is 0 Å². The number of aryl methyl sites for hydroxylation is 1. The minimum absolute atomic E-state index is 0.147. The van der Waals surface area contributed by atoms with Crippen molar-refractivity contribution >= 4 is 5.91 Å². The number of methoxy groups -OCH3 is 1. The number of nitrogens with one attached hydrogen (secondary N) is 2. The summed E-state index contributed by atoms with van der Waals surface area (Å²) in [4.78, 5) is 27.2. The smallest absolute Gasteiger partial charge is 0.252 e. The second kappa shape index (κ2) is 6.13. The predicted molar refractivity (Wildman–Crippen MR) is 90.8 cm³/mol. The maximum absolute atomic E-state index is 12.7. The van der Waals surface area contributed by atoms with Crippen molar-refractivity contribution in [2.24, 2.45) is 5.73 Å². The lowest BCUT2D eigenvalue weighted by molar-refractivity contribution is -0.126. The van der Waals surface area contributed by atoms with Gasteiger partial charge in [0, 0.05) is 18.3 Å². The standard InChI is InChI=1S/C18H21N3O3/c1-11-8-12(16(22)20-9-11)10-21-17(23)18(19)7-6-13-14(18)4-3-5-15(13)24-2/h3-5,8-9H,6-7,10,19H2,1-2H3,(H,20,22)(H,21,23). The van der Waals surface area contributed by atoms with E-state index in [2.05, 4.69) is 10.3 Å². The fourth-order valence-corrected chi connectivity index (χ4v) is 3.24. The molecule has 0 spiro atoms. The number of nitrogens with two attached hydrogens (primary N) is 1. The van der Waals surface area contributed by atoms with Crippen molar-refractivity contribution < 1.29 is 9.53 Å². The van der Waals surface area contributed by atoms with Crippen molar-refractivity contribution in [2.45, 2.75) is 31.8 Å². The van der Waals surface area contributed by atoms with Crippen molar-refractivity contribution in [3.05, 3.63) is 63.1 Å². The van der Waals surface area contributed by atoms with Crippen LogP contribution in [0.1, 0.15) is 28.7 Å². The van der Waals surface area contributed by atoms with Gasteiger partial charge in [0.15, 0.2) is 0 Å². The van der Waals surface area contributed by atoms with Crippen LogP contribution in [0.25, 0.3) is 0 Å². The molecule has 6 heteroatoms. The number of benzene rings is 1. The molecule has 1 aromatic carbocycles. The van der Waals surface area contributed by atoms with Crippen molar-refractivity contribution in [3.63, 3.8) is 0 Å². The molecule has 1 aromatic heterocycles. The van der Waals surface area contributed by atoms with Gasteiger partial charge in [-0.2, -0.15) is 0 Å². The van der Waals surface area contributed by atoms with Crippen LogP contribution in [-0.2, 0) is 23.3 Å². The van der Waals surface area contributed by atoms with Gasteiger partial charge in [-0.1, -0.05) is 12.1 Å². The van der Waals surface area contributed by atoms with Gasteiger partial charge in [0.05, 0.1) is 7.11 Å². The number of hydrogen-bond donors (Lipinski definition) is 3. The molecular formula is C18H21N3O3. The van der Waals surface area contributed by atoms with Gasteiger partial charge in [-0.25, -0.2) is 0 Å². The molecule has 0 bridgehead atoms.